The van der Waals surface area contributed by atoms with Gasteiger partial charge < -0.3 is 5.32 Å². The second kappa shape index (κ2) is 8.93. The van der Waals surface area contributed by atoms with E-state index in [0.29, 0.717) is 0 Å². The molecule has 1 fully saturated rings. The van der Waals surface area contributed by atoms with Gasteiger partial charge in [0.25, 0.3) is 0 Å². The topological polar surface area (TPSA) is 41.1 Å². The van der Waals surface area contributed by atoms with Crippen LogP contribution < -0.4 is 10.6 Å². The normalized spacial score (nSPS) is 18.0. The van der Waals surface area contributed by atoms with Gasteiger partial charge in [0.15, 0.2) is 0 Å². The molecule has 1 aromatic carbocycles. The van der Waals surface area contributed by atoms with Gasteiger partial charge in [0, 0.05) is 12.1 Å². The van der Waals surface area contributed by atoms with Crippen LogP contribution in [-0.2, 0) is 4.79 Å². The maximum absolute atomic E-state index is 12.1. The van der Waals surface area contributed by atoms with Crippen LogP contribution in [0.3, 0.4) is 0 Å². The molecule has 0 aliphatic heterocycles. The highest BCUT2D eigenvalue weighted by molar-refractivity contribution is 6.68. The molecule has 1 aliphatic carbocycles. The lowest BCUT2D eigenvalue weighted by Crippen LogP contribution is -2.56. The third-order valence-electron chi connectivity index (χ3n) is 3.85. The molecule has 0 aromatic heterocycles. The first kappa shape index (κ1) is 18.6. The lowest BCUT2D eigenvalue weighted by atomic mass is 9.95. The van der Waals surface area contributed by atoms with E-state index in [2.05, 4.69) is 10.6 Å². The Labute approximate surface area is 152 Å². The van der Waals surface area contributed by atoms with E-state index in [1.54, 1.807) is 6.08 Å². The number of carbonyl (C=O) groups is 1. The Morgan fingerprint density at radius 2 is 1.78 bits per heavy atom. The van der Waals surface area contributed by atoms with Crippen molar-refractivity contribution in [3.63, 3.8) is 0 Å². The van der Waals surface area contributed by atoms with Crippen molar-refractivity contribution in [3.8, 4) is 0 Å². The third kappa shape index (κ3) is 6.72. The summed E-state index contributed by atoms with van der Waals surface area (Å²) in [6.07, 6.45) is 8.08. The van der Waals surface area contributed by atoms with E-state index in [1.165, 1.54) is 12.5 Å². The molecule has 2 N–H and O–H groups in total. The van der Waals surface area contributed by atoms with Crippen LogP contribution in [0.5, 0.6) is 0 Å². The molecule has 6 heteroatoms. The fraction of sp³-hybridized carbons (Fsp3) is 0.471. The van der Waals surface area contributed by atoms with Gasteiger partial charge in [0.2, 0.25) is 9.70 Å². The number of halogens is 3. The molecule has 1 saturated carbocycles. The van der Waals surface area contributed by atoms with Gasteiger partial charge in [-0.3, -0.25) is 10.1 Å². The largest absolute Gasteiger partial charge is 0.333 e. The van der Waals surface area contributed by atoms with Crippen molar-refractivity contribution < 1.29 is 4.79 Å². The average Bonchev–Trinajstić information content (AvgIpc) is 2.53. The summed E-state index contributed by atoms with van der Waals surface area (Å²) in [5.41, 5.74) is 0.938. The highest BCUT2D eigenvalue weighted by Gasteiger charge is 2.35. The van der Waals surface area contributed by atoms with Gasteiger partial charge in [-0.05, 0) is 24.5 Å². The molecule has 3 nitrogen and oxygen atoms in total. The summed E-state index contributed by atoms with van der Waals surface area (Å²) >= 11 is 18.0. The van der Waals surface area contributed by atoms with Crippen molar-refractivity contribution in [2.45, 2.75) is 48.1 Å². The number of carbonyl (C=O) groups excluding carboxylic acids is 1. The van der Waals surface area contributed by atoms with Crippen molar-refractivity contribution in [3.05, 3.63) is 42.0 Å². The highest BCUT2D eigenvalue weighted by atomic mass is 35.6. The molecule has 1 aliphatic rings. The van der Waals surface area contributed by atoms with E-state index in [0.717, 1.165) is 31.2 Å². The van der Waals surface area contributed by atoms with Gasteiger partial charge in [0.1, 0.15) is 6.17 Å². The fourth-order valence-electron chi connectivity index (χ4n) is 2.65. The first-order valence-electron chi connectivity index (χ1n) is 7.81. The zero-order valence-corrected chi connectivity index (χ0v) is 15.0. The molecule has 1 unspecified atom stereocenters. The van der Waals surface area contributed by atoms with E-state index in [9.17, 15) is 4.79 Å². The lowest BCUT2D eigenvalue weighted by Gasteiger charge is -2.32. The van der Waals surface area contributed by atoms with Crippen LogP contribution in [0.4, 0.5) is 0 Å². The molecule has 1 aromatic rings. The quantitative estimate of drug-likeness (QED) is 0.454. The van der Waals surface area contributed by atoms with Gasteiger partial charge in [-0.1, -0.05) is 84.4 Å². The first-order valence-corrected chi connectivity index (χ1v) is 8.95. The molecule has 1 atom stereocenters. The van der Waals surface area contributed by atoms with Gasteiger partial charge in [-0.15, -0.1) is 0 Å². The fourth-order valence-corrected chi connectivity index (χ4v) is 3.00. The molecular weight excluding hydrogens is 355 g/mol. The van der Waals surface area contributed by atoms with Crippen LogP contribution >= 0.6 is 34.8 Å². The van der Waals surface area contributed by atoms with E-state index in [1.807, 2.05) is 30.3 Å². The number of alkyl halides is 3. The predicted octanol–water partition coefficient (Wildman–Crippen LogP) is 4.43. The standard InChI is InChI=1S/C17H21Cl3N2O/c18-17(19,20)16(21-14-9-5-2-6-10-14)22-15(23)12-11-13-7-3-1-4-8-13/h1,3-4,7-8,11-12,14,16,21H,2,5-6,9-10H2,(H,22,23). The molecule has 2 rings (SSSR count). The van der Waals surface area contributed by atoms with Crippen LogP contribution in [0.25, 0.3) is 6.08 Å². The number of hydrogen-bond donors (Lipinski definition) is 2. The summed E-state index contributed by atoms with van der Waals surface area (Å²) in [5, 5.41) is 6.01. The number of hydrogen-bond acceptors (Lipinski definition) is 2. The molecule has 1 amide bonds. The summed E-state index contributed by atoms with van der Waals surface area (Å²) in [4.78, 5) is 12.1. The zero-order valence-electron chi connectivity index (χ0n) is 12.8. The SMILES string of the molecule is O=C(C=Cc1ccccc1)NC(NC1CCCCC1)C(Cl)(Cl)Cl. The van der Waals surface area contributed by atoms with E-state index in [4.69, 9.17) is 34.8 Å². The lowest BCUT2D eigenvalue weighted by molar-refractivity contribution is -0.117. The average molecular weight is 376 g/mol. The van der Waals surface area contributed by atoms with Crippen LogP contribution in [0.1, 0.15) is 37.7 Å². The molecule has 0 heterocycles. The minimum Gasteiger partial charge on any atom is -0.333 e. The van der Waals surface area contributed by atoms with Gasteiger partial charge in [0.05, 0.1) is 0 Å². The van der Waals surface area contributed by atoms with E-state index in [-0.39, 0.29) is 11.9 Å². The van der Waals surface area contributed by atoms with Crippen LogP contribution in [0, 0.1) is 0 Å². The summed E-state index contributed by atoms with van der Waals surface area (Å²) in [7, 11) is 0. The Bertz CT molecular complexity index is 522. The number of rotatable bonds is 5. The number of benzene rings is 1. The predicted molar refractivity (Wildman–Crippen MR) is 97.7 cm³/mol. The monoisotopic (exact) mass is 374 g/mol. The Kier molecular flexibility index (Phi) is 7.22. The number of amides is 1. The summed E-state index contributed by atoms with van der Waals surface area (Å²) < 4.78 is -1.60. The summed E-state index contributed by atoms with van der Waals surface area (Å²) in [5.74, 6) is -0.298. The van der Waals surface area contributed by atoms with Crippen molar-refractivity contribution in [2.24, 2.45) is 0 Å². The molecule has 0 bridgehead atoms. The van der Waals surface area contributed by atoms with Crippen molar-refractivity contribution in [2.75, 3.05) is 0 Å². The summed E-state index contributed by atoms with van der Waals surface area (Å²) in [6.45, 7) is 0. The van der Waals surface area contributed by atoms with Crippen LogP contribution in [-0.4, -0.2) is 21.9 Å². The van der Waals surface area contributed by atoms with Crippen molar-refractivity contribution in [1.29, 1.82) is 0 Å². The zero-order chi connectivity index (χ0) is 16.7. The minimum absolute atomic E-state index is 0.266. The maximum atomic E-state index is 12.1. The molecule has 0 saturated heterocycles. The Hall–Kier alpha value is -0.740. The van der Waals surface area contributed by atoms with Gasteiger partial charge in [-0.25, -0.2) is 0 Å². The molecule has 0 radical (unpaired) electrons. The van der Waals surface area contributed by atoms with Crippen molar-refractivity contribution in [1.82, 2.24) is 10.6 Å². The Morgan fingerprint density at radius 3 is 2.39 bits per heavy atom. The molecule has 126 valence electrons. The highest BCUT2D eigenvalue weighted by Crippen LogP contribution is 2.30. The van der Waals surface area contributed by atoms with E-state index >= 15 is 0 Å². The Morgan fingerprint density at radius 1 is 1.13 bits per heavy atom. The van der Waals surface area contributed by atoms with Gasteiger partial charge in [-0.2, -0.15) is 0 Å². The Balaban J connectivity index is 1.94. The minimum atomic E-state index is -1.60. The van der Waals surface area contributed by atoms with Gasteiger partial charge >= 0.3 is 0 Å². The molecule has 23 heavy (non-hydrogen) atoms. The third-order valence-corrected chi connectivity index (χ3v) is 4.50. The van der Waals surface area contributed by atoms with Crippen molar-refractivity contribution >= 4 is 46.8 Å². The van der Waals surface area contributed by atoms with Crippen LogP contribution in [0.15, 0.2) is 36.4 Å². The molecular formula is C17H21Cl3N2O. The van der Waals surface area contributed by atoms with E-state index < -0.39 is 9.96 Å². The second-order valence-corrected chi connectivity index (χ2v) is 8.10. The number of nitrogens with one attached hydrogen (secondary N) is 2. The van der Waals surface area contributed by atoms with Crippen LogP contribution in [0.2, 0.25) is 0 Å². The first-order chi connectivity index (χ1) is 10.9. The molecule has 0 spiro atoms. The smallest absolute Gasteiger partial charge is 0.245 e. The maximum Gasteiger partial charge on any atom is 0.245 e. The summed E-state index contributed by atoms with van der Waals surface area (Å²) in [6, 6.07) is 9.83. The second-order valence-electron chi connectivity index (χ2n) is 5.73.